The first kappa shape index (κ1) is 19.1. The first-order chi connectivity index (χ1) is 14.5. The van der Waals surface area contributed by atoms with E-state index in [9.17, 15) is 14.4 Å². The molecule has 2 aromatic rings. The van der Waals surface area contributed by atoms with Gasteiger partial charge in [-0.05, 0) is 49.7 Å². The Hall–Kier alpha value is -2.90. The van der Waals surface area contributed by atoms with Crippen LogP contribution in [0, 0.1) is 11.8 Å². The molecule has 1 aromatic heterocycles. The number of aromatic nitrogens is 2. The second kappa shape index (κ2) is 7.41. The number of para-hydroxylation sites is 1. The number of rotatable bonds is 4. The Morgan fingerprint density at radius 2 is 2.00 bits per heavy atom. The summed E-state index contributed by atoms with van der Waals surface area (Å²) in [6.07, 6.45) is 5.82. The lowest BCUT2D eigenvalue weighted by Crippen LogP contribution is -2.54. The van der Waals surface area contributed by atoms with Crippen LogP contribution in [0.25, 0.3) is 11.0 Å². The summed E-state index contributed by atoms with van der Waals surface area (Å²) in [4.78, 5) is 46.8. The highest BCUT2D eigenvalue weighted by molar-refractivity contribution is 6.04. The SMILES string of the molecule is CC1CC(=O)NC1C(=O)N1[C@@H]2CC[C@H]1CC(CNC(=O)c1cccc3[nH]cnc13)C2. The van der Waals surface area contributed by atoms with Crippen LogP contribution in [0.4, 0.5) is 0 Å². The van der Waals surface area contributed by atoms with E-state index in [1.807, 2.05) is 24.0 Å². The molecule has 3 aliphatic rings. The molecule has 0 radical (unpaired) electrons. The highest BCUT2D eigenvalue weighted by Gasteiger charge is 2.47. The molecule has 0 spiro atoms. The first-order valence-electron chi connectivity index (χ1n) is 10.8. The van der Waals surface area contributed by atoms with Crippen LogP contribution in [-0.4, -0.2) is 57.3 Å². The van der Waals surface area contributed by atoms with Gasteiger partial charge in [-0.1, -0.05) is 13.0 Å². The van der Waals surface area contributed by atoms with Gasteiger partial charge in [0.1, 0.15) is 11.6 Å². The Labute approximate surface area is 174 Å². The summed E-state index contributed by atoms with van der Waals surface area (Å²) < 4.78 is 0. The third-order valence-electron chi connectivity index (χ3n) is 6.99. The minimum atomic E-state index is -0.383. The van der Waals surface area contributed by atoms with E-state index in [-0.39, 0.29) is 41.8 Å². The van der Waals surface area contributed by atoms with Gasteiger partial charge in [-0.2, -0.15) is 0 Å². The normalized spacial score (nSPS) is 30.5. The number of aromatic amines is 1. The zero-order chi connectivity index (χ0) is 20.8. The van der Waals surface area contributed by atoms with Crippen LogP contribution in [0.5, 0.6) is 0 Å². The molecule has 1 aromatic carbocycles. The number of fused-ring (bicyclic) bond motifs is 3. The molecule has 4 heterocycles. The molecule has 8 heteroatoms. The summed E-state index contributed by atoms with van der Waals surface area (Å²) in [6.45, 7) is 2.57. The number of carbonyl (C=O) groups excluding carboxylic acids is 3. The standard InChI is InChI=1S/C22H27N5O3/c1-12-7-18(28)26-19(12)22(30)27-14-5-6-15(27)9-13(8-14)10-23-21(29)16-3-2-4-17-20(16)25-11-24-17/h2-4,11-15,19H,5-10H2,1H3,(H,23,29)(H,24,25)(H,26,28)/t12?,13?,14-,15+,19?. The number of carbonyl (C=O) groups is 3. The van der Waals surface area contributed by atoms with Crippen LogP contribution < -0.4 is 10.6 Å². The zero-order valence-corrected chi connectivity index (χ0v) is 17.1. The summed E-state index contributed by atoms with van der Waals surface area (Å²) in [5, 5.41) is 5.93. The third-order valence-corrected chi connectivity index (χ3v) is 6.99. The lowest BCUT2D eigenvalue weighted by atomic mass is 9.89. The van der Waals surface area contributed by atoms with Crippen molar-refractivity contribution >= 4 is 28.8 Å². The smallest absolute Gasteiger partial charge is 0.253 e. The maximum Gasteiger partial charge on any atom is 0.253 e. The lowest BCUT2D eigenvalue weighted by Gasteiger charge is -2.40. The molecule has 5 atom stereocenters. The molecule has 3 N–H and O–H groups in total. The number of H-pyrrole nitrogens is 1. The van der Waals surface area contributed by atoms with Crippen LogP contribution in [0.3, 0.4) is 0 Å². The van der Waals surface area contributed by atoms with Gasteiger partial charge < -0.3 is 20.5 Å². The number of hydrogen-bond donors (Lipinski definition) is 3. The highest BCUT2D eigenvalue weighted by Crippen LogP contribution is 2.39. The van der Waals surface area contributed by atoms with E-state index in [4.69, 9.17) is 0 Å². The zero-order valence-electron chi connectivity index (χ0n) is 17.1. The van der Waals surface area contributed by atoms with Crippen molar-refractivity contribution in [2.24, 2.45) is 11.8 Å². The van der Waals surface area contributed by atoms with Crippen molar-refractivity contribution in [2.45, 2.75) is 57.2 Å². The number of amides is 3. The van der Waals surface area contributed by atoms with Gasteiger partial charge >= 0.3 is 0 Å². The first-order valence-corrected chi connectivity index (χ1v) is 10.8. The van der Waals surface area contributed by atoms with Crippen LogP contribution >= 0.6 is 0 Å². The van der Waals surface area contributed by atoms with E-state index in [0.29, 0.717) is 30.0 Å². The van der Waals surface area contributed by atoms with Gasteiger partial charge in [0.2, 0.25) is 11.8 Å². The minimum Gasteiger partial charge on any atom is -0.352 e. The molecule has 0 aliphatic carbocycles. The van der Waals surface area contributed by atoms with Crippen molar-refractivity contribution in [3.05, 3.63) is 30.1 Å². The summed E-state index contributed by atoms with van der Waals surface area (Å²) in [7, 11) is 0. The quantitative estimate of drug-likeness (QED) is 0.713. The topological polar surface area (TPSA) is 107 Å². The van der Waals surface area contributed by atoms with E-state index in [2.05, 4.69) is 20.6 Å². The number of hydrogen-bond acceptors (Lipinski definition) is 4. The van der Waals surface area contributed by atoms with Crippen LogP contribution in [0.15, 0.2) is 24.5 Å². The summed E-state index contributed by atoms with van der Waals surface area (Å²) in [6, 6.07) is 5.57. The summed E-state index contributed by atoms with van der Waals surface area (Å²) >= 11 is 0. The molecule has 3 unspecified atom stereocenters. The molecule has 158 valence electrons. The number of nitrogens with one attached hydrogen (secondary N) is 3. The molecular weight excluding hydrogens is 382 g/mol. The van der Waals surface area contributed by atoms with E-state index in [1.165, 1.54) is 0 Å². The van der Waals surface area contributed by atoms with Gasteiger partial charge in [0, 0.05) is 25.0 Å². The summed E-state index contributed by atoms with van der Waals surface area (Å²) in [5.41, 5.74) is 2.11. The predicted octanol–water partition coefficient (Wildman–Crippen LogP) is 1.59. The molecule has 3 fully saturated rings. The minimum absolute atomic E-state index is 0.0299. The van der Waals surface area contributed by atoms with Gasteiger partial charge in [-0.25, -0.2) is 4.98 Å². The Morgan fingerprint density at radius 3 is 2.70 bits per heavy atom. The molecule has 30 heavy (non-hydrogen) atoms. The van der Waals surface area contributed by atoms with E-state index in [0.717, 1.165) is 31.2 Å². The maximum atomic E-state index is 13.1. The molecule has 0 saturated carbocycles. The van der Waals surface area contributed by atoms with E-state index >= 15 is 0 Å². The third kappa shape index (κ3) is 3.24. The van der Waals surface area contributed by atoms with Crippen molar-refractivity contribution in [3.63, 3.8) is 0 Å². The van der Waals surface area contributed by atoms with Crippen molar-refractivity contribution in [1.82, 2.24) is 25.5 Å². The predicted molar refractivity (Wildman–Crippen MR) is 111 cm³/mol. The van der Waals surface area contributed by atoms with Gasteiger partial charge in [-0.15, -0.1) is 0 Å². The van der Waals surface area contributed by atoms with E-state index < -0.39 is 0 Å². The van der Waals surface area contributed by atoms with Crippen molar-refractivity contribution in [3.8, 4) is 0 Å². The Bertz CT molecular complexity index is 988. The molecule has 2 bridgehead atoms. The second-order valence-electron chi connectivity index (χ2n) is 9.01. The summed E-state index contributed by atoms with van der Waals surface area (Å²) in [5.74, 6) is 0.336. The van der Waals surface area contributed by atoms with Gasteiger partial charge in [-0.3, -0.25) is 14.4 Å². The van der Waals surface area contributed by atoms with Crippen LogP contribution in [0.2, 0.25) is 0 Å². The molecule has 8 nitrogen and oxygen atoms in total. The molecule has 3 saturated heterocycles. The van der Waals surface area contributed by atoms with Gasteiger partial charge in [0.25, 0.3) is 5.91 Å². The van der Waals surface area contributed by atoms with Crippen molar-refractivity contribution in [1.29, 1.82) is 0 Å². The number of benzene rings is 1. The lowest BCUT2D eigenvalue weighted by molar-refractivity contribution is -0.140. The monoisotopic (exact) mass is 409 g/mol. The number of imidazole rings is 1. The molecule has 3 aliphatic heterocycles. The fourth-order valence-corrected chi connectivity index (χ4v) is 5.55. The molecule has 3 amide bonds. The van der Waals surface area contributed by atoms with E-state index in [1.54, 1.807) is 12.4 Å². The Balaban J connectivity index is 1.21. The van der Waals surface area contributed by atoms with Crippen molar-refractivity contribution in [2.75, 3.05) is 6.54 Å². The average Bonchev–Trinajstić information content (AvgIpc) is 3.41. The largest absolute Gasteiger partial charge is 0.352 e. The fourth-order valence-electron chi connectivity index (χ4n) is 5.55. The number of nitrogens with zero attached hydrogens (tertiary/aromatic N) is 2. The molecule has 5 rings (SSSR count). The highest BCUT2D eigenvalue weighted by atomic mass is 16.2. The second-order valence-corrected chi connectivity index (χ2v) is 9.01. The maximum absolute atomic E-state index is 13.1. The Morgan fingerprint density at radius 1 is 1.23 bits per heavy atom. The van der Waals surface area contributed by atoms with Crippen molar-refractivity contribution < 1.29 is 14.4 Å². The van der Waals surface area contributed by atoms with Crippen LogP contribution in [0.1, 0.15) is 49.4 Å². The average molecular weight is 409 g/mol. The van der Waals surface area contributed by atoms with Gasteiger partial charge in [0.15, 0.2) is 0 Å². The molecular formula is C22H27N5O3. The Kier molecular flexibility index (Phi) is 4.72. The number of piperidine rings is 1. The van der Waals surface area contributed by atoms with Crippen LogP contribution in [-0.2, 0) is 9.59 Å². The fraction of sp³-hybridized carbons (Fsp3) is 0.545. The van der Waals surface area contributed by atoms with Gasteiger partial charge in [0.05, 0.1) is 17.4 Å².